The summed E-state index contributed by atoms with van der Waals surface area (Å²) in [5.41, 5.74) is 1.30. The maximum absolute atomic E-state index is 12.2. The molecule has 0 heterocycles. The van der Waals surface area contributed by atoms with Crippen LogP contribution in [-0.2, 0) is 11.2 Å². The number of hydrogen-bond donors (Lipinski definition) is 1. The van der Waals surface area contributed by atoms with Gasteiger partial charge in [-0.3, -0.25) is 4.79 Å². The second kappa shape index (κ2) is 7.50. The monoisotopic (exact) mass is 311 g/mol. The minimum atomic E-state index is 0.140. The van der Waals surface area contributed by atoms with Crippen LogP contribution in [0.4, 0.5) is 0 Å². The summed E-state index contributed by atoms with van der Waals surface area (Å²) in [5, 5.41) is 3.24. The largest absolute Gasteiger partial charge is 0.352 e. The van der Waals surface area contributed by atoms with Crippen LogP contribution < -0.4 is 5.32 Å². The Hall–Kier alpha value is -1.74. The van der Waals surface area contributed by atoms with Gasteiger partial charge in [-0.15, -0.1) is 11.8 Å². The smallest absolute Gasteiger partial charge is 0.230 e. The predicted octanol–water partition coefficient (Wildman–Crippen LogP) is 3.92. The van der Waals surface area contributed by atoms with Crippen LogP contribution in [0.1, 0.15) is 18.4 Å². The molecule has 1 amide bonds. The van der Waals surface area contributed by atoms with Gasteiger partial charge in [0, 0.05) is 10.9 Å². The van der Waals surface area contributed by atoms with Crippen molar-refractivity contribution in [2.75, 3.05) is 5.75 Å². The molecule has 2 aromatic rings. The lowest BCUT2D eigenvalue weighted by molar-refractivity contribution is -0.119. The van der Waals surface area contributed by atoms with Crippen LogP contribution in [-0.4, -0.2) is 17.7 Å². The fourth-order valence-electron chi connectivity index (χ4n) is 2.62. The summed E-state index contributed by atoms with van der Waals surface area (Å²) in [4.78, 5) is 13.4. The molecule has 0 spiro atoms. The first kappa shape index (κ1) is 15.2. The first-order chi connectivity index (χ1) is 10.8. The highest BCUT2D eigenvalue weighted by Crippen LogP contribution is 2.34. The number of thioether (sulfide) groups is 1. The summed E-state index contributed by atoms with van der Waals surface area (Å²) in [6.45, 7) is 0. The standard InChI is InChI=1S/C19H21NOS/c21-19(14-22-17-9-5-2-6-10-17)20-18(16-11-12-16)13-15-7-3-1-4-8-15/h1-10,16,18H,11-14H2,(H,20,21). The third kappa shape index (κ3) is 4.63. The summed E-state index contributed by atoms with van der Waals surface area (Å²) in [6.07, 6.45) is 3.42. The first-order valence-electron chi connectivity index (χ1n) is 7.82. The van der Waals surface area contributed by atoms with Crippen molar-refractivity contribution in [3.05, 3.63) is 66.2 Å². The van der Waals surface area contributed by atoms with E-state index in [1.54, 1.807) is 11.8 Å². The number of hydrogen-bond acceptors (Lipinski definition) is 2. The number of carbonyl (C=O) groups excluding carboxylic acids is 1. The molecule has 3 heteroatoms. The SMILES string of the molecule is O=C(CSc1ccccc1)NC(Cc1ccccc1)C1CC1. The topological polar surface area (TPSA) is 29.1 Å². The third-order valence-corrected chi connectivity index (χ3v) is 4.96. The Morgan fingerprint density at radius 3 is 2.32 bits per heavy atom. The van der Waals surface area contributed by atoms with E-state index in [1.165, 1.54) is 18.4 Å². The Balaban J connectivity index is 1.51. The lowest BCUT2D eigenvalue weighted by Gasteiger charge is -2.18. The van der Waals surface area contributed by atoms with Crippen LogP contribution in [0.2, 0.25) is 0 Å². The molecule has 1 atom stereocenters. The molecule has 1 fully saturated rings. The molecule has 114 valence electrons. The van der Waals surface area contributed by atoms with Crippen molar-refractivity contribution in [2.45, 2.75) is 30.2 Å². The number of nitrogens with one attached hydrogen (secondary N) is 1. The molecule has 1 saturated carbocycles. The average Bonchev–Trinajstić information content (AvgIpc) is 3.39. The molecule has 22 heavy (non-hydrogen) atoms. The molecule has 0 saturated heterocycles. The van der Waals surface area contributed by atoms with Gasteiger partial charge in [0.25, 0.3) is 0 Å². The normalized spacial score (nSPS) is 15.3. The van der Waals surface area contributed by atoms with Crippen LogP contribution in [0.25, 0.3) is 0 Å². The van der Waals surface area contributed by atoms with Crippen molar-refractivity contribution in [3.63, 3.8) is 0 Å². The molecule has 3 rings (SSSR count). The molecule has 0 radical (unpaired) electrons. The lowest BCUT2D eigenvalue weighted by atomic mass is 10.0. The van der Waals surface area contributed by atoms with E-state index in [4.69, 9.17) is 0 Å². The molecule has 1 unspecified atom stereocenters. The summed E-state index contributed by atoms with van der Waals surface area (Å²) in [5.74, 6) is 1.29. The fraction of sp³-hybridized carbons (Fsp3) is 0.316. The Labute approximate surface area is 136 Å². The van der Waals surface area contributed by atoms with E-state index in [1.807, 2.05) is 36.4 Å². The van der Waals surface area contributed by atoms with E-state index in [0.717, 1.165) is 11.3 Å². The van der Waals surface area contributed by atoms with Crippen LogP contribution in [0.3, 0.4) is 0 Å². The predicted molar refractivity (Wildman–Crippen MR) is 92.0 cm³/mol. The van der Waals surface area contributed by atoms with Crippen LogP contribution >= 0.6 is 11.8 Å². The van der Waals surface area contributed by atoms with Crippen molar-refractivity contribution in [1.82, 2.24) is 5.32 Å². The van der Waals surface area contributed by atoms with E-state index in [2.05, 4.69) is 29.6 Å². The highest BCUT2D eigenvalue weighted by Gasteiger charge is 2.32. The van der Waals surface area contributed by atoms with E-state index in [0.29, 0.717) is 11.7 Å². The molecule has 0 bridgehead atoms. The Bertz CT molecular complexity index is 595. The van der Waals surface area contributed by atoms with Crippen molar-refractivity contribution < 1.29 is 4.79 Å². The summed E-state index contributed by atoms with van der Waals surface area (Å²) in [6, 6.07) is 20.8. The van der Waals surface area contributed by atoms with Crippen molar-refractivity contribution >= 4 is 17.7 Å². The molecular weight excluding hydrogens is 290 g/mol. The molecule has 1 aliphatic rings. The Morgan fingerprint density at radius 1 is 1.05 bits per heavy atom. The highest BCUT2D eigenvalue weighted by atomic mass is 32.2. The second-order valence-corrected chi connectivity index (χ2v) is 6.85. The fourth-order valence-corrected chi connectivity index (χ4v) is 3.35. The molecule has 2 nitrogen and oxygen atoms in total. The zero-order valence-electron chi connectivity index (χ0n) is 12.6. The molecule has 2 aromatic carbocycles. The number of benzene rings is 2. The second-order valence-electron chi connectivity index (χ2n) is 5.80. The molecule has 1 aliphatic carbocycles. The Morgan fingerprint density at radius 2 is 1.68 bits per heavy atom. The van der Waals surface area contributed by atoms with E-state index >= 15 is 0 Å². The Kier molecular flexibility index (Phi) is 5.17. The van der Waals surface area contributed by atoms with Gasteiger partial charge in [0.1, 0.15) is 0 Å². The van der Waals surface area contributed by atoms with Gasteiger partial charge in [-0.2, -0.15) is 0 Å². The zero-order valence-corrected chi connectivity index (χ0v) is 13.4. The van der Waals surface area contributed by atoms with Gasteiger partial charge in [0.2, 0.25) is 5.91 Å². The quantitative estimate of drug-likeness (QED) is 0.785. The van der Waals surface area contributed by atoms with Gasteiger partial charge in [-0.1, -0.05) is 48.5 Å². The van der Waals surface area contributed by atoms with E-state index in [-0.39, 0.29) is 11.9 Å². The number of amides is 1. The van der Waals surface area contributed by atoms with Gasteiger partial charge >= 0.3 is 0 Å². The molecule has 0 aromatic heterocycles. The summed E-state index contributed by atoms with van der Waals surface area (Å²) >= 11 is 1.60. The van der Waals surface area contributed by atoms with Gasteiger partial charge in [0.05, 0.1) is 5.75 Å². The van der Waals surface area contributed by atoms with Gasteiger partial charge in [0.15, 0.2) is 0 Å². The van der Waals surface area contributed by atoms with Crippen LogP contribution in [0.15, 0.2) is 65.6 Å². The molecular formula is C19H21NOS. The maximum atomic E-state index is 12.2. The van der Waals surface area contributed by atoms with Crippen LogP contribution in [0.5, 0.6) is 0 Å². The molecule has 1 N–H and O–H groups in total. The molecule has 0 aliphatic heterocycles. The van der Waals surface area contributed by atoms with Crippen molar-refractivity contribution in [3.8, 4) is 0 Å². The number of rotatable bonds is 7. The van der Waals surface area contributed by atoms with Gasteiger partial charge in [-0.25, -0.2) is 0 Å². The van der Waals surface area contributed by atoms with Gasteiger partial charge in [-0.05, 0) is 42.9 Å². The van der Waals surface area contributed by atoms with Crippen LogP contribution in [0, 0.1) is 5.92 Å². The summed E-state index contributed by atoms with van der Waals surface area (Å²) in [7, 11) is 0. The van der Waals surface area contributed by atoms with E-state index in [9.17, 15) is 4.79 Å². The zero-order chi connectivity index (χ0) is 15.2. The maximum Gasteiger partial charge on any atom is 0.230 e. The van der Waals surface area contributed by atoms with Crippen molar-refractivity contribution in [2.24, 2.45) is 5.92 Å². The van der Waals surface area contributed by atoms with Gasteiger partial charge < -0.3 is 5.32 Å². The highest BCUT2D eigenvalue weighted by molar-refractivity contribution is 8.00. The minimum absolute atomic E-state index is 0.140. The first-order valence-corrected chi connectivity index (χ1v) is 8.81. The minimum Gasteiger partial charge on any atom is -0.352 e. The average molecular weight is 311 g/mol. The summed E-state index contributed by atoms with van der Waals surface area (Å²) < 4.78 is 0. The van der Waals surface area contributed by atoms with E-state index < -0.39 is 0 Å². The lowest BCUT2D eigenvalue weighted by Crippen LogP contribution is -2.39. The third-order valence-electron chi connectivity index (χ3n) is 3.95. The van der Waals surface area contributed by atoms with Crippen molar-refractivity contribution in [1.29, 1.82) is 0 Å². The number of carbonyl (C=O) groups is 1.